The van der Waals surface area contributed by atoms with Gasteiger partial charge in [-0.1, -0.05) is 122 Å². The molecule has 634 valence electrons. The third-order valence-electron chi connectivity index (χ3n) is 23.8. The van der Waals surface area contributed by atoms with Crippen LogP contribution in [0.1, 0.15) is 124 Å². The number of rotatable bonds is 12. The van der Waals surface area contributed by atoms with Crippen LogP contribution in [0.25, 0.3) is 178 Å². The van der Waals surface area contributed by atoms with Gasteiger partial charge in [0, 0.05) is 142 Å². The topological polar surface area (TPSA) is 120 Å². The summed E-state index contributed by atoms with van der Waals surface area (Å²) >= 11 is 0. The van der Waals surface area contributed by atoms with E-state index in [9.17, 15) is 30.7 Å². The van der Waals surface area contributed by atoms with Gasteiger partial charge in [0.1, 0.15) is 68.9 Å². The number of pyridine rings is 8. The first kappa shape index (κ1) is 84.9. The molecule has 0 aliphatic carbocycles. The molecule has 0 atom stereocenters. The van der Waals surface area contributed by atoms with E-state index >= 15 is 0 Å². The summed E-state index contributed by atoms with van der Waals surface area (Å²) in [5.41, 5.74) is 25.3. The van der Waals surface area contributed by atoms with Crippen molar-refractivity contribution >= 4 is 88.3 Å². The summed E-state index contributed by atoms with van der Waals surface area (Å²) in [7, 11) is 7.75. The molecule has 0 bridgehead atoms. The average molecular weight is 1700 g/mol. The first-order valence-corrected chi connectivity index (χ1v) is 42.4. The molecule has 8 aromatic carbocycles. The zero-order chi connectivity index (χ0) is 89.4. The summed E-state index contributed by atoms with van der Waals surface area (Å²) in [4.78, 5) is 18.9. The minimum atomic E-state index is -0.602. The maximum atomic E-state index is 14.8. The van der Waals surface area contributed by atoms with Gasteiger partial charge in [-0.25, -0.2) is 68.9 Å². The number of aromatic nitrogens is 8. The lowest BCUT2D eigenvalue weighted by molar-refractivity contribution is -0.660. The molecule has 0 radical (unpaired) electrons. The molecule has 0 saturated heterocycles. The molecule has 0 amide bonds. The summed E-state index contributed by atoms with van der Waals surface area (Å²) in [5, 5.41) is 7.86. The zero-order valence-corrected chi connectivity index (χ0v) is 73.3. The van der Waals surface area contributed by atoms with Crippen molar-refractivity contribution in [2.75, 3.05) is 0 Å². The number of hydrogen-bond donors (Lipinski definition) is 0. The van der Waals surface area contributed by atoms with Crippen LogP contribution in [0.4, 0.5) is 30.7 Å². The quantitative estimate of drug-likeness (QED) is 0.0876. The Kier molecular flexibility index (Phi) is 22.9. The number of nitrogens with zero attached hydrogens (tertiary/aromatic N) is 8. The predicted octanol–water partition coefficient (Wildman–Crippen LogP) is 27.3. The van der Waals surface area contributed by atoms with Crippen molar-refractivity contribution in [3.05, 3.63) is 335 Å². The Balaban J connectivity index is 0.000000119. The maximum absolute atomic E-state index is 14.8. The molecule has 12 aromatic heterocycles. The number of benzene rings is 8. The summed E-state index contributed by atoms with van der Waals surface area (Å²) < 4.78 is 132. The fourth-order valence-electron chi connectivity index (χ4n) is 17.0. The van der Waals surface area contributed by atoms with Gasteiger partial charge in [0.25, 0.3) is 0 Å². The van der Waals surface area contributed by atoms with Gasteiger partial charge in [-0.2, -0.15) is 0 Å². The highest BCUT2D eigenvalue weighted by Crippen LogP contribution is 2.46. The Morgan fingerprint density at radius 2 is 0.591 bits per heavy atom. The van der Waals surface area contributed by atoms with Crippen LogP contribution in [0, 0.1) is 68.4 Å². The molecule has 0 aliphatic rings. The zero-order valence-electron chi connectivity index (χ0n) is 73.3. The van der Waals surface area contributed by atoms with Crippen LogP contribution in [0.15, 0.2) is 267 Å². The first-order chi connectivity index (χ1) is 61.0. The van der Waals surface area contributed by atoms with Crippen molar-refractivity contribution in [1.29, 1.82) is 0 Å². The molecule has 0 N–H and O–H groups in total. The minimum Gasteiger partial charge on any atom is -0.437 e. The average Bonchev–Trinajstić information content (AvgIpc) is 1.54. The van der Waals surface area contributed by atoms with Gasteiger partial charge >= 0.3 is 0 Å². The monoisotopic (exact) mass is 1700 g/mol. The lowest BCUT2D eigenvalue weighted by Crippen LogP contribution is -2.31. The molecule has 0 spiro atoms. The standard InChI is InChI=1S/3C27H23F2N2O.C27H24FN2O/c1-15(2)23-11-10-21-20-8-5-16(3)25(26(20)32-27(21)30-23)24-12-6-17(14-31(24)4)19-9-7-18(28)13-22(19)29;1-15(2)23-10-9-21-20-7-5-16(3)25(26(20)32-27(21)30-23)24-13-17(11-12-31(24)4)19-8-6-18(28)14-22(19)29;1-15(2)23-12-11-21-20-9-7-16(3)24(26(20)32-27(21)30-23)25-19(6-5-13-31(25)4)18-10-8-17(28)14-22(18)29;1-16(2)23-14-13-21-20-12-11-17(3)24(26(20)31-27(21)29-23)25-19(9-7-15-30(25)4)18-8-5-6-10-22(18)28/h3*5-15H,1-4H3;5-16H,1-4H3/q4*+1. The Bertz CT molecular complexity index is 7770. The van der Waals surface area contributed by atoms with Gasteiger partial charge < -0.3 is 17.7 Å². The van der Waals surface area contributed by atoms with Gasteiger partial charge in [-0.15, -0.1) is 0 Å². The normalized spacial score (nSPS) is 11.7. The van der Waals surface area contributed by atoms with Crippen molar-refractivity contribution in [2.45, 2.75) is 107 Å². The second kappa shape index (κ2) is 34.3. The predicted molar refractivity (Wildman–Crippen MR) is 489 cm³/mol. The molecule has 0 unspecified atom stereocenters. The lowest BCUT2D eigenvalue weighted by Gasteiger charge is -2.11. The molecule has 20 rings (SSSR count). The van der Waals surface area contributed by atoms with Crippen molar-refractivity contribution in [1.82, 2.24) is 19.9 Å². The second-order valence-corrected chi connectivity index (χ2v) is 33.9. The van der Waals surface area contributed by atoms with E-state index in [-0.39, 0.29) is 11.7 Å². The van der Waals surface area contributed by atoms with Gasteiger partial charge in [0.2, 0.25) is 45.6 Å². The largest absolute Gasteiger partial charge is 0.437 e. The van der Waals surface area contributed by atoms with Crippen molar-refractivity contribution < 1.29 is 66.7 Å². The lowest BCUT2D eigenvalue weighted by atomic mass is 9.94. The van der Waals surface area contributed by atoms with Crippen molar-refractivity contribution in [3.8, 4) is 89.5 Å². The number of halogens is 7. The Morgan fingerprint density at radius 3 is 0.961 bits per heavy atom. The van der Waals surface area contributed by atoms with E-state index in [1.165, 1.54) is 42.5 Å². The molecule has 19 heteroatoms. The maximum Gasteiger partial charge on any atom is 0.227 e. The molecular weight excluding hydrogens is 1610 g/mol. The third-order valence-corrected chi connectivity index (χ3v) is 23.8. The van der Waals surface area contributed by atoms with Crippen LogP contribution in [-0.4, -0.2) is 19.9 Å². The summed E-state index contributed by atoms with van der Waals surface area (Å²) in [6.45, 7) is 25.0. The van der Waals surface area contributed by atoms with Crippen LogP contribution in [-0.2, 0) is 28.2 Å². The summed E-state index contributed by atoms with van der Waals surface area (Å²) in [6, 6.07) is 66.0. The van der Waals surface area contributed by atoms with E-state index in [0.29, 0.717) is 85.1 Å². The molecule has 0 saturated carbocycles. The van der Waals surface area contributed by atoms with Gasteiger partial charge in [0.15, 0.2) is 47.1 Å². The molecular formula is C108H93F7N8O4+4. The fourth-order valence-corrected chi connectivity index (χ4v) is 17.0. The van der Waals surface area contributed by atoms with Crippen molar-refractivity contribution in [3.63, 3.8) is 0 Å². The van der Waals surface area contributed by atoms with Gasteiger partial charge in [-0.05, 0) is 188 Å². The van der Waals surface area contributed by atoms with E-state index in [4.69, 9.17) is 37.6 Å². The SMILES string of the molecule is Cc1ccc2c(oc3nc(C(C)C)ccc32)c1-c1c(-c2ccc(F)cc2F)ccc[n+]1C.Cc1ccc2c(oc3nc(C(C)C)ccc32)c1-c1c(-c2ccccc2F)ccc[n+]1C.Cc1ccc2c(oc3nc(C(C)C)ccc32)c1-c1cc(-c2ccc(F)cc2F)cc[n+]1C.Cc1ccc2c(oc3nc(C(C)C)ccc32)c1-c1ccc(-c2ccc(F)cc2F)c[n+]1C. The first-order valence-electron chi connectivity index (χ1n) is 42.4. The Morgan fingerprint density at radius 1 is 0.260 bits per heavy atom. The van der Waals surface area contributed by atoms with Crippen LogP contribution in [0.3, 0.4) is 0 Å². The van der Waals surface area contributed by atoms with E-state index in [0.717, 1.165) is 174 Å². The van der Waals surface area contributed by atoms with Crippen molar-refractivity contribution in [2.24, 2.45) is 28.2 Å². The fraction of sp³-hybridized carbons (Fsp3) is 0.185. The molecule has 20 aromatic rings. The van der Waals surface area contributed by atoms with Crippen LogP contribution < -0.4 is 18.3 Å². The minimum absolute atomic E-state index is 0.243. The number of furan rings is 4. The van der Waals surface area contributed by atoms with Crippen LogP contribution in [0.2, 0.25) is 0 Å². The van der Waals surface area contributed by atoms with E-state index in [1.54, 1.807) is 6.07 Å². The molecule has 12 nitrogen and oxygen atoms in total. The highest BCUT2D eigenvalue weighted by atomic mass is 19.2. The molecule has 127 heavy (non-hydrogen) atoms. The highest BCUT2D eigenvalue weighted by molar-refractivity contribution is 6.13. The van der Waals surface area contributed by atoms with Gasteiger partial charge in [0.05, 0.1) is 33.4 Å². The molecule has 0 aliphatic heterocycles. The van der Waals surface area contributed by atoms with E-state index in [2.05, 4.69) is 123 Å². The van der Waals surface area contributed by atoms with E-state index < -0.39 is 34.9 Å². The van der Waals surface area contributed by atoms with Crippen LogP contribution >= 0.6 is 0 Å². The van der Waals surface area contributed by atoms with E-state index in [1.807, 2.05) is 189 Å². The number of hydrogen-bond acceptors (Lipinski definition) is 8. The smallest absolute Gasteiger partial charge is 0.227 e. The summed E-state index contributed by atoms with van der Waals surface area (Å²) in [5.74, 6) is -2.59. The Labute approximate surface area is 730 Å². The van der Waals surface area contributed by atoms with Gasteiger partial charge in [-0.3, -0.25) is 0 Å². The highest BCUT2D eigenvalue weighted by Gasteiger charge is 2.31. The third kappa shape index (κ3) is 16.0. The summed E-state index contributed by atoms with van der Waals surface area (Å²) in [6.07, 6.45) is 7.62. The molecule has 0 fully saturated rings. The Hall–Kier alpha value is -14.3. The van der Waals surface area contributed by atoms with Crippen LogP contribution in [0.5, 0.6) is 0 Å². The second-order valence-electron chi connectivity index (χ2n) is 33.9. The number of fused-ring (bicyclic) bond motifs is 12. The molecule has 12 heterocycles. The number of aryl methyl sites for hydroxylation is 8.